The van der Waals surface area contributed by atoms with Crippen LogP contribution in [0.5, 0.6) is 0 Å². The molecule has 2 aromatic rings. The van der Waals surface area contributed by atoms with E-state index in [2.05, 4.69) is 49.6 Å². The monoisotopic (exact) mass is 299 g/mol. The molecule has 1 atom stereocenters. The minimum Gasteiger partial charge on any atom is -0.347 e. The molecule has 0 bridgehead atoms. The third-order valence-electron chi connectivity index (χ3n) is 2.30. The highest BCUT2D eigenvalue weighted by atomic mass is 79.9. The Morgan fingerprint density at radius 1 is 1.62 bits per heavy atom. The molecule has 0 saturated carbocycles. The van der Waals surface area contributed by atoms with Gasteiger partial charge in [0.25, 0.3) is 0 Å². The fourth-order valence-corrected chi connectivity index (χ4v) is 3.23. The van der Waals surface area contributed by atoms with Crippen molar-refractivity contribution in [2.45, 2.75) is 19.4 Å². The number of H-pyrrole nitrogens is 1. The number of nitrogens with zero attached hydrogens (tertiary/aromatic N) is 1. The van der Waals surface area contributed by atoms with E-state index in [0.29, 0.717) is 0 Å². The summed E-state index contributed by atoms with van der Waals surface area (Å²) >= 11 is 5.31. The molecule has 0 aromatic carbocycles. The van der Waals surface area contributed by atoms with Crippen LogP contribution in [-0.2, 0) is 0 Å². The minimum absolute atomic E-state index is 0.157. The molecule has 0 radical (unpaired) electrons. The summed E-state index contributed by atoms with van der Waals surface area (Å²) in [7, 11) is 0. The molecule has 2 heterocycles. The molecule has 3 nitrogen and oxygen atoms in total. The second-order valence-electron chi connectivity index (χ2n) is 3.49. The fourth-order valence-electron chi connectivity index (χ4n) is 1.55. The van der Waals surface area contributed by atoms with Gasteiger partial charge in [-0.25, -0.2) is 4.98 Å². The van der Waals surface area contributed by atoms with Crippen LogP contribution in [0.15, 0.2) is 28.3 Å². The van der Waals surface area contributed by atoms with Gasteiger partial charge in [-0.05, 0) is 40.3 Å². The van der Waals surface area contributed by atoms with Crippen LogP contribution in [0, 0.1) is 0 Å². The summed E-state index contributed by atoms with van der Waals surface area (Å²) in [5.41, 5.74) is 0. The van der Waals surface area contributed by atoms with E-state index in [4.69, 9.17) is 0 Å². The molecule has 2 N–H and O–H groups in total. The summed E-state index contributed by atoms with van der Waals surface area (Å²) in [5.74, 6) is 0.969. The highest BCUT2D eigenvalue weighted by Crippen LogP contribution is 2.31. The average Bonchev–Trinajstić information content (AvgIpc) is 2.91. The lowest BCUT2D eigenvalue weighted by atomic mass is 10.2. The predicted octanol–water partition coefficient (Wildman–Crippen LogP) is 3.32. The number of rotatable bonds is 5. The maximum absolute atomic E-state index is 4.33. The highest BCUT2D eigenvalue weighted by molar-refractivity contribution is 9.10. The molecular formula is C11H14BrN3S. The molecule has 2 rings (SSSR count). The van der Waals surface area contributed by atoms with E-state index in [-0.39, 0.29) is 6.04 Å². The van der Waals surface area contributed by atoms with Crippen molar-refractivity contribution < 1.29 is 0 Å². The van der Waals surface area contributed by atoms with Crippen molar-refractivity contribution in [2.75, 3.05) is 6.54 Å². The van der Waals surface area contributed by atoms with Crippen molar-refractivity contribution >= 4 is 27.3 Å². The predicted molar refractivity (Wildman–Crippen MR) is 70.7 cm³/mol. The first-order valence-electron chi connectivity index (χ1n) is 5.28. The SMILES string of the molecule is CCCNC(c1ncc[nH]1)c1sccc1Br. The number of hydrogen-bond acceptors (Lipinski definition) is 3. The summed E-state index contributed by atoms with van der Waals surface area (Å²) < 4.78 is 1.14. The molecule has 0 aliphatic heterocycles. The summed E-state index contributed by atoms with van der Waals surface area (Å²) in [5, 5.41) is 5.59. The average molecular weight is 300 g/mol. The normalized spacial score (nSPS) is 12.9. The largest absolute Gasteiger partial charge is 0.347 e. The van der Waals surface area contributed by atoms with E-state index < -0.39 is 0 Å². The van der Waals surface area contributed by atoms with E-state index in [1.165, 1.54) is 4.88 Å². The van der Waals surface area contributed by atoms with E-state index in [0.717, 1.165) is 23.3 Å². The summed E-state index contributed by atoms with van der Waals surface area (Å²) in [6.45, 7) is 3.14. The molecule has 0 saturated heterocycles. The van der Waals surface area contributed by atoms with Crippen LogP contribution in [0.1, 0.15) is 30.1 Å². The van der Waals surface area contributed by atoms with E-state index in [9.17, 15) is 0 Å². The van der Waals surface area contributed by atoms with Gasteiger partial charge in [-0.15, -0.1) is 11.3 Å². The Labute approximate surface area is 107 Å². The van der Waals surface area contributed by atoms with E-state index in [1.54, 1.807) is 17.5 Å². The first-order chi connectivity index (χ1) is 7.83. The fraction of sp³-hybridized carbons (Fsp3) is 0.364. The smallest absolute Gasteiger partial charge is 0.128 e. The molecule has 2 aromatic heterocycles. The van der Waals surface area contributed by atoms with Gasteiger partial charge in [0.2, 0.25) is 0 Å². The number of nitrogens with one attached hydrogen (secondary N) is 2. The maximum atomic E-state index is 4.33. The highest BCUT2D eigenvalue weighted by Gasteiger charge is 2.19. The Kier molecular flexibility index (Phi) is 4.15. The minimum atomic E-state index is 0.157. The molecule has 0 aliphatic carbocycles. The molecule has 0 amide bonds. The van der Waals surface area contributed by atoms with Crippen molar-refractivity contribution in [2.24, 2.45) is 0 Å². The molecule has 0 aliphatic rings. The van der Waals surface area contributed by atoms with Gasteiger partial charge < -0.3 is 10.3 Å². The van der Waals surface area contributed by atoms with Crippen molar-refractivity contribution in [1.82, 2.24) is 15.3 Å². The van der Waals surface area contributed by atoms with Crippen molar-refractivity contribution in [3.63, 3.8) is 0 Å². The molecule has 86 valence electrons. The van der Waals surface area contributed by atoms with Gasteiger partial charge in [-0.1, -0.05) is 6.92 Å². The Morgan fingerprint density at radius 2 is 2.50 bits per heavy atom. The van der Waals surface area contributed by atoms with Crippen molar-refractivity contribution in [3.05, 3.63) is 39.0 Å². The van der Waals surface area contributed by atoms with Crippen molar-refractivity contribution in [1.29, 1.82) is 0 Å². The molecule has 16 heavy (non-hydrogen) atoms. The molecular weight excluding hydrogens is 286 g/mol. The van der Waals surface area contributed by atoms with E-state index >= 15 is 0 Å². The van der Waals surface area contributed by atoms with E-state index in [1.807, 2.05) is 6.20 Å². The van der Waals surface area contributed by atoms with Crippen LogP contribution in [0.25, 0.3) is 0 Å². The number of hydrogen-bond donors (Lipinski definition) is 2. The van der Waals surface area contributed by atoms with Gasteiger partial charge >= 0.3 is 0 Å². The standard InChI is InChI=1S/C11H14BrN3S/c1-2-4-13-9(11-14-5-6-15-11)10-8(12)3-7-16-10/h3,5-7,9,13H,2,4H2,1H3,(H,14,15). The Hall–Kier alpha value is -0.650. The Bertz CT molecular complexity index is 424. The zero-order chi connectivity index (χ0) is 11.4. The maximum Gasteiger partial charge on any atom is 0.128 e. The van der Waals surface area contributed by atoms with Gasteiger partial charge in [0.05, 0.1) is 0 Å². The third kappa shape index (κ3) is 2.53. The van der Waals surface area contributed by atoms with Crippen LogP contribution in [-0.4, -0.2) is 16.5 Å². The number of aromatic nitrogens is 2. The van der Waals surface area contributed by atoms with Crippen LogP contribution >= 0.6 is 27.3 Å². The van der Waals surface area contributed by atoms with Crippen LogP contribution < -0.4 is 5.32 Å². The van der Waals surface area contributed by atoms with Gasteiger partial charge in [0.1, 0.15) is 11.9 Å². The topological polar surface area (TPSA) is 40.7 Å². The number of thiophene rings is 1. The Morgan fingerprint density at radius 3 is 3.06 bits per heavy atom. The zero-order valence-electron chi connectivity index (χ0n) is 9.03. The third-order valence-corrected chi connectivity index (χ3v) is 4.23. The molecule has 0 spiro atoms. The molecule has 1 unspecified atom stereocenters. The van der Waals surface area contributed by atoms with Crippen LogP contribution in [0.2, 0.25) is 0 Å². The van der Waals surface area contributed by atoms with Crippen molar-refractivity contribution in [3.8, 4) is 0 Å². The zero-order valence-corrected chi connectivity index (χ0v) is 11.4. The van der Waals surface area contributed by atoms with Gasteiger partial charge in [0.15, 0.2) is 0 Å². The second-order valence-corrected chi connectivity index (χ2v) is 5.30. The summed E-state index contributed by atoms with van der Waals surface area (Å²) in [4.78, 5) is 8.78. The van der Waals surface area contributed by atoms with Crippen LogP contribution in [0.4, 0.5) is 0 Å². The first-order valence-corrected chi connectivity index (χ1v) is 6.95. The number of imidazole rings is 1. The summed E-state index contributed by atoms with van der Waals surface area (Å²) in [6, 6.07) is 2.23. The van der Waals surface area contributed by atoms with Gasteiger partial charge in [-0.2, -0.15) is 0 Å². The quantitative estimate of drug-likeness (QED) is 0.889. The lowest BCUT2D eigenvalue weighted by Gasteiger charge is -2.15. The van der Waals surface area contributed by atoms with Gasteiger partial charge in [-0.3, -0.25) is 0 Å². The Balaban J connectivity index is 2.25. The number of halogens is 1. The molecule has 0 fully saturated rings. The lowest BCUT2D eigenvalue weighted by Crippen LogP contribution is -2.23. The second kappa shape index (κ2) is 5.61. The summed E-state index contributed by atoms with van der Waals surface area (Å²) in [6.07, 6.45) is 4.76. The lowest BCUT2D eigenvalue weighted by molar-refractivity contribution is 0.582. The van der Waals surface area contributed by atoms with Gasteiger partial charge in [0, 0.05) is 21.7 Å². The molecule has 5 heteroatoms. The van der Waals surface area contributed by atoms with Crippen LogP contribution in [0.3, 0.4) is 0 Å². The number of aromatic amines is 1. The first kappa shape index (κ1) is 11.8.